The fourth-order valence-electron chi connectivity index (χ4n) is 3.68. The molecule has 0 aliphatic rings. The normalized spacial score (nSPS) is 10.9. The molecule has 0 radical (unpaired) electrons. The molecule has 0 saturated carbocycles. The van der Waals surface area contributed by atoms with Gasteiger partial charge in [0.15, 0.2) is 12.4 Å². The Bertz CT molecular complexity index is 1030. The smallest absolute Gasteiger partial charge is 0.172 e. The Morgan fingerprint density at radius 2 is 1.16 bits per heavy atom. The molecule has 4 aromatic rings. The van der Waals surface area contributed by atoms with Crippen LogP contribution in [-0.4, -0.2) is 0 Å². The number of rotatable bonds is 8. The number of benzene rings is 3. The zero-order valence-electron chi connectivity index (χ0n) is 17.1. The quantitative estimate of drug-likeness (QED) is 0.293. The average Bonchev–Trinajstić information content (AvgIpc) is 2.80. The zero-order valence-corrected chi connectivity index (χ0v) is 17.1. The van der Waals surface area contributed by atoms with E-state index in [-0.39, 0.29) is 17.6 Å². The molecule has 0 aliphatic carbocycles. The lowest BCUT2D eigenvalue weighted by molar-refractivity contribution is -0.697. The summed E-state index contributed by atoms with van der Waals surface area (Å²) in [5, 5.41) is 0. The van der Waals surface area contributed by atoms with Crippen LogP contribution in [0.5, 0.6) is 11.5 Å². The number of nitrogens with zero attached hydrogens (tertiary/aromatic N) is 1. The largest absolute Gasteiger partial charge is 0.457 e. The molecular weight excluding hydrogens is 392 g/mol. The number of hydrogen-bond donors (Lipinski definition) is 0. The summed E-state index contributed by atoms with van der Waals surface area (Å²) in [4.78, 5) is 0. The van der Waals surface area contributed by atoms with Crippen LogP contribution in [0.4, 0.5) is 8.78 Å². The molecule has 0 amide bonds. The first-order valence-electron chi connectivity index (χ1n) is 10.4. The molecule has 1 aromatic heterocycles. The Morgan fingerprint density at radius 3 is 1.71 bits per heavy atom. The zero-order chi connectivity index (χ0) is 21.5. The van der Waals surface area contributed by atoms with Crippen LogP contribution in [-0.2, 0) is 6.54 Å². The molecule has 0 aliphatic heterocycles. The van der Waals surface area contributed by atoms with Gasteiger partial charge >= 0.3 is 0 Å². The molecule has 0 unspecified atom stereocenters. The van der Waals surface area contributed by atoms with Crippen molar-refractivity contribution in [2.75, 3.05) is 0 Å². The molecule has 4 heteroatoms. The van der Waals surface area contributed by atoms with E-state index < -0.39 is 0 Å². The van der Waals surface area contributed by atoms with Gasteiger partial charge in [0.25, 0.3) is 0 Å². The van der Waals surface area contributed by atoms with E-state index in [9.17, 15) is 8.78 Å². The third-order valence-electron chi connectivity index (χ3n) is 5.29. The highest BCUT2D eigenvalue weighted by Crippen LogP contribution is 2.29. The molecule has 0 fully saturated rings. The summed E-state index contributed by atoms with van der Waals surface area (Å²) < 4.78 is 34.7. The Labute approximate surface area is 181 Å². The van der Waals surface area contributed by atoms with Gasteiger partial charge in [-0.25, -0.2) is 13.3 Å². The standard InChI is InChI=1S/C27H24F2NO/c28-23-12-8-21(9-13-23)27(22-10-14-24(29)15-11-22)7-4-18-30-19-16-26(17-20-30)31-25-5-2-1-3-6-25/h1-3,5-6,8-17,19-20,27H,4,7,18H2/q+1. The third kappa shape index (κ3) is 5.76. The van der Waals surface area contributed by atoms with Crippen molar-refractivity contribution >= 4 is 0 Å². The van der Waals surface area contributed by atoms with E-state index >= 15 is 0 Å². The predicted molar refractivity (Wildman–Crippen MR) is 117 cm³/mol. The lowest BCUT2D eigenvalue weighted by Crippen LogP contribution is -2.32. The van der Waals surface area contributed by atoms with E-state index in [2.05, 4.69) is 4.57 Å². The number of para-hydroxylation sites is 1. The fourth-order valence-corrected chi connectivity index (χ4v) is 3.68. The van der Waals surface area contributed by atoms with E-state index in [1.165, 1.54) is 24.3 Å². The number of halogens is 2. The van der Waals surface area contributed by atoms with E-state index in [0.717, 1.165) is 42.0 Å². The molecule has 0 bridgehead atoms. The topological polar surface area (TPSA) is 13.1 Å². The minimum atomic E-state index is -0.255. The molecule has 0 spiro atoms. The summed E-state index contributed by atoms with van der Waals surface area (Å²) in [5.41, 5.74) is 2.06. The van der Waals surface area contributed by atoms with Crippen LogP contribution < -0.4 is 9.30 Å². The molecule has 3 aromatic carbocycles. The number of pyridine rings is 1. The van der Waals surface area contributed by atoms with Crippen molar-refractivity contribution in [3.8, 4) is 11.5 Å². The maximum absolute atomic E-state index is 13.4. The summed E-state index contributed by atoms with van der Waals surface area (Å²) >= 11 is 0. The second-order valence-corrected chi connectivity index (χ2v) is 7.48. The van der Waals surface area contributed by atoms with Gasteiger partial charge in [-0.3, -0.25) is 0 Å². The van der Waals surface area contributed by atoms with Gasteiger partial charge in [-0.15, -0.1) is 0 Å². The fraction of sp³-hybridized carbons (Fsp3) is 0.148. The lowest BCUT2D eigenvalue weighted by atomic mass is 9.87. The van der Waals surface area contributed by atoms with E-state index in [0.29, 0.717) is 0 Å². The Hall–Kier alpha value is -3.53. The van der Waals surface area contributed by atoms with Crippen LogP contribution in [0.1, 0.15) is 29.9 Å². The number of hydrogen-bond acceptors (Lipinski definition) is 1. The van der Waals surface area contributed by atoms with Gasteiger partial charge in [0.05, 0.1) is 0 Å². The van der Waals surface area contributed by atoms with Gasteiger partial charge in [0.2, 0.25) is 0 Å². The maximum atomic E-state index is 13.4. The number of aryl methyl sites for hydroxylation is 1. The summed E-state index contributed by atoms with van der Waals surface area (Å²) in [6.07, 6.45) is 5.79. The van der Waals surface area contributed by atoms with E-state index in [1.54, 1.807) is 0 Å². The van der Waals surface area contributed by atoms with Gasteiger partial charge in [0.1, 0.15) is 29.7 Å². The molecule has 1 heterocycles. The van der Waals surface area contributed by atoms with Crippen LogP contribution in [0.2, 0.25) is 0 Å². The Morgan fingerprint density at radius 1 is 0.645 bits per heavy atom. The second-order valence-electron chi connectivity index (χ2n) is 7.48. The molecule has 0 saturated heterocycles. The summed E-state index contributed by atoms with van der Waals surface area (Å²) in [6, 6.07) is 26.7. The van der Waals surface area contributed by atoms with E-state index in [1.807, 2.05) is 79.1 Å². The van der Waals surface area contributed by atoms with Gasteiger partial charge in [-0.05, 0) is 53.9 Å². The third-order valence-corrected chi connectivity index (χ3v) is 5.29. The molecule has 4 rings (SSSR count). The highest BCUT2D eigenvalue weighted by atomic mass is 19.1. The van der Waals surface area contributed by atoms with Gasteiger partial charge < -0.3 is 4.74 Å². The van der Waals surface area contributed by atoms with Crippen LogP contribution in [0, 0.1) is 11.6 Å². The van der Waals surface area contributed by atoms with E-state index in [4.69, 9.17) is 4.74 Å². The van der Waals surface area contributed by atoms with Gasteiger partial charge in [-0.1, -0.05) is 42.5 Å². The Balaban J connectivity index is 1.40. The molecule has 31 heavy (non-hydrogen) atoms. The summed E-state index contributed by atoms with van der Waals surface area (Å²) in [6.45, 7) is 0.838. The summed E-state index contributed by atoms with van der Waals surface area (Å²) in [5.74, 6) is 1.17. The first-order valence-corrected chi connectivity index (χ1v) is 10.4. The monoisotopic (exact) mass is 416 g/mol. The lowest BCUT2D eigenvalue weighted by Gasteiger charge is -2.17. The first kappa shape index (κ1) is 20.7. The number of aromatic nitrogens is 1. The van der Waals surface area contributed by atoms with Crippen molar-refractivity contribution in [2.45, 2.75) is 25.3 Å². The van der Waals surface area contributed by atoms with Crippen molar-refractivity contribution in [3.63, 3.8) is 0 Å². The minimum Gasteiger partial charge on any atom is -0.457 e. The minimum absolute atomic E-state index is 0.0856. The molecule has 0 N–H and O–H groups in total. The van der Waals surface area contributed by atoms with Crippen molar-refractivity contribution in [1.29, 1.82) is 0 Å². The molecular formula is C27H24F2NO+. The van der Waals surface area contributed by atoms with Gasteiger partial charge in [-0.2, -0.15) is 0 Å². The SMILES string of the molecule is Fc1ccc(C(CCC[n+]2ccc(Oc3ccccc3)cc2)c2ccc(F)cc2)cc1. The molecule has 0 atom stereocenters. The highest BCUT2D eigenvalue weighted by Gasteiger charge is 2.15. The van der Waals surface area contributed by atoms with Crippen molar-refractivity contribution in [1.82, 2.24) is 0 Å². The Kier molecular flexibility index (Phi) is 6.68. The highest BCUT2D eigenvalue weighted by molar-refractivity contribution is 5.33. The molecule has 156 valence electrons. The van der Waals surface area contributed by atoms with Gasteiger partial charge in [0, 0.05) is 24.5 Å². The van der Waals surface area contributed by atoms with Crippen molar-refractivity contribution in [3.05, 3.63) is 126 Å². The average molecular weight is 416 g/mol. The van der Waals surface area contributed by atoms with Crippen LogP contribution in [0.25, 0.3) is 0 Å². The predicted octanol–water partition coefficient (Wildman–Crippen LogP) is 6.66. The second kappa shape index (κ2) is 9.98. The van der Waals surface area contributed by atoms with Crippen molar-refractivity contribution in [2.24, 2.45) is 0 Å². The number of ether oxygens (including phenoxy) is 1. The first-order chi connectivity index (χ1) is 15.2. The van der Waals surface area contributed by atoms with Crippen LogP contribution >= 0.6 is 0 Å². The van der Waals surface area contributed by atoms with Crippen LogP contribution in [0.3, 0.4) is 0 Å². The molecule has 2 nitrogen and oxygen atoms in total. The summed E-state index contributed by atoms with van der Waals surface area (Å²) in [7, 11) is 0. The van der Waals surface area contributed by atoms with Crippen molar-refractivity contribution < 1.29 is 18.1 Å². The maximum Gasteiger partial charge on any atom is 0.172 e. The van der Waals surface area contributed by atoms with Crippen LogP contribution in [0.15, 0.2) is 103 Å².